The van der Waals surface area contributed by atoms with Gasteiger partial charge in [-0.25, -0.2) is 8.78 Å². The maximum atomic E-state index is 14.4. The molecule has 466 valence electrons. The molecule has 2 aromatic heterocycles. The zero-order valence-electron chi connectivity index (χ0n) is 51.4. The Kier molecular flexibility index (Phi) is 19.4. The van der Waals surface area contributed by atoms with E-state index in [2.05, 4.69) is 54.0 Å². The highest BCUT2D eigenvalue weighted by Crippen LogP contribution is 2.41. The molecule has 10 rings (SSSR count). The van der Waals surface area contributed by atoms with Crippen molar-refractivity contribution in [3.8, 4) is 0 Å². The maximum Gasteiger partial charge on any atom is 0.252 e. The SMILES string of the molecule is C[C@@H]1CN(CC(=O)N2CC(C)(C)c3[nH]c(=O)c(Cc4ccc(F)cc4)cc32)[C@@H](CN2CCO[C@H](C(=O)N(C)CCCCN(C)C(=O)[C@@H]3CN(C[C@H]4CN[C@H](C)CN4CC(=O)N4CC(C)(C)c5[nH]c(=O)c(Cc6ccc(F)cc6)cc54)CCO3)C2)CN1. The summed E-state index contributed by atoms with van der Waals surface area (Å²) in [7, 11) is 3.60. The number of morpholine rings is 2. The first kappa shape index (κ1) is 62.8. The molecule has 8 heterocycles. The van der Waals surface area contributed by atoms with Gasteiger partial charge in [-0.15, -0.1) is 0 Å². The van der Waals surface area contributed by atoms with Crippen molar-refractivity contribution >= 4 is 35.0 Å². The molecule has 2 aromatic carbocycles. The van der Waals surface area contributed by atoms with Gasteiger partial charge in [0.05, 0.1) is 37.7 Å². The fraction of sp³-hybridized carbons (Fsp3) is 0.594. The summed E-state index contributed by atoms with van der Waals surface area (Å²) in [6.45, 7) is 21.5. The third-order valence-electron chi connectivity index (χ3n) is 18.4. The van der Waals surface area contributed by atoms with Crippen molar-refractivity contribution in [3.63, 3.8) is 0 Å². The first-order chi connectivity index (χ1) is 41.0. The van der Waals surface area contributed by atoms with Crippen molar-refractivity contribution in [1.29, 1.82) is 0 Å². The van der Waals surface area contributed by atoms with Gasteiger partial charge in [-0.3, -0.25) is 48.4 Å². The number of amides is 4. The average Bonchev–Trinajstić information content (AvgIpc) is 1.91. The number of benzene rings is 2. The number of aromatic amines is 2. The Bertz CT molecular complexity index is 3000. The summed E-state index contributed by atoms with van der Waals surface area (Å²) < 4.78 is 39.5. The molecule has 0 aliphatic carbocycles. The van der Waals surface area contributed by atoms with Gasteiger partial charge in [-0.1, -0.05) is 52.0 Å². The highest BCUT2D eigenvalue weighted by atomic mass is 19.1. The van der Waals surface area contributed by atoms with Crippen molar-refractivity contribution in [2.75, 3.05) is 142 Å². The van der Waals surface area contributed by atoms with Crippen molar-refractivity contribution in [1.82, 2.24) is 50.0 Å². The van der Waals surface area contributed by atoms with Crippen LogP contribution in [0.4, 0.5) is 20.2 Å². The second kappa shape index (κ2) is 26.6. The van der Waals surface area contributed by atoms with Gasteiger partial charge >= 0.3 is 0 Å². The van der Waals surface area contributed by atoms with E-state index < -0.39 is 23.0 Å². The number of rotatable bonds is 19. The Morgan fingerprint density at radius 1 is 0.593 bits per heavy atom. The normalized spacial score (nSPS) is 24.3. The number of hydrogen-bond donors (Lipinski definition) is 4. The number of anilines is 2. The van der Waals surface area contributed by atoms with Crippen LogP contribution in [-0.2, 0) is 52.3 Å². The number of nitrogens with zero attached hydrogens (tertiary/aromatic N) is 8. The number of halogens is 2. The molecule has 0 radical (unpaired) electrons. The standard InChI is InChI=1S/C64H88F2N12O8/c1-41-31-75(37-55(79)77-39-63(3,4)57-51(77)27-45(59(81)69-57)25-43-11-15-47(65)16-12-43)49(29-67-41)33-73-21-23-85-53(35-73)61(83)71(7)19-9-10-20-72(8)62(84)54-36-74(22-24-86-54)34-50-30-68-42(2)32-76(50)38-56(80)78-40-64(5,6)58-52(78)28-46(60(82)70-58)26-44-13-17-48(66)18-14-44/h11-18,27-28,41-42,49-50,53-54,67-68H,9-10,19-26,29-40H2,1-8H3,(H,69,81)(H,70,82)/t41-,42-,49-,50-,53+,54+/m1/s1. The zero-order chi connectivity index (χ0) is 61.2. The number of pyridine rings is 2. The Morgan fingerprint density at radius 2 is 0.977 bits per heavy atom. The summed E-state index contributed by atoms with van der Waals surface area (Å²) in [5, 5.41) is 7.20. The fourth-order valence-electron chi connectivity index (χ4n) is 13.4. The lowest BCUT2D eigenvalue weighted by Gasteiger charge is -2.43. The summed E-state index contributed by atoms with van der Waals surface area (Å²) in [6, 6.07) is 16.2. The van der Waals surface area contributed by atoms with E-state index in [9.17, 15) is 37.5 Å². The Hall–Kier alpha value is -6.24. The van der Waals surface area contributed by atoms with E-state index in [1.54, 1.807) is 58.0 Å². The minimum Gasteiger partial charge on any atom is -0.366 e. The molecule has 6 aliphatic rings. The summed E-state index contributed by atoms with van der Waals surface area (Å²) >= 11 is 0. The van der Waals surface area contributed by atoms with E-state index in [0.29, 0.717) is 153 Å². The van der Waals surface area contributed by atoms with E-state index in [1.165, 1.54) is 24.3 Å². The monoisotopic (exact) mass is 1190 g/mol. The predicted molar refractivity (Wildman–Crippen MR) is 326 cm³/mol. The summed E-state index contributed by atoms with van der Waals surface area (Å²) in [4.78, 5) is 105. The van der Waals surface area contributed by atoms with Gasteiger partial charge in [0.1, 0.15) is 23.8 Å². The number of unbranched alkanes of at least 4 members (excludes halogenated alkanes) is 1. The van der Waals surface area contributed by atoms with Crippen LogP contribution in [0.2, 0.25) is 0 Å². The van der Waals surface area contributed by atoms with Crippen molar-refractivity contribution < 1.29 is 37.4 Å². The van der Waals surface area contributed by atoms with Crippen molar-refractivity contribution in [3.05, 3.63) is 127 Å². The van der Waals surface area contributed by atoms with E-state index in [1.807, 2.05) is 39.8 Å². The maximum absolute atomic E-state index is 14.4. The highest BCUT2D eigenvalue weighted by Gasteiger charge is 2.44. The summed E-state index contributed by atoms with van der Waals surface area (Å²) in [5.74, 6) is -0.977. The molecule has 0 bridgehead atoms. The largest absolute Gasteiger partial charge is 0.366 e. The highest BCUT2D eigenvalue weighted by molar-refractivity contribution is 5.98. The third-order valence-corrected chi connectivity index (χ3v) is 18.4. The van der Waals surface area contributed by atoms with Gasteiger partial charge in [0, 0.05) is 176 Å². The predicted octanol–water partition coefficient (Wildman–Crippen LogP) is 2.89. The number of nitrogens with one attached hydrogen (secondary N) is 4. The molecule has 4 fully saturated rings. The van der Waals surface area contributed by atoms with Gasteiger partial charge in [-0.05, 0) is 74.2 Å². The molecular weight excluding hydrogens is 1100 g/mol. The smallest absolute Gasteiger partial charge is 0.252 e. The molecular formula is C64H88F2N12O8. The quantitative estimate of drug-likeness (QED) is 0.0999. The van der Waals surface area contributed by atoms with Crippen LogP contribution in [-0.4, -0.2) is 231 Å². The zero-order valence-corrected chi connectivity index (χ0v) is 51.4. The van der Waals surface area contributed by atoms with E-state index in [4.69, 9.17) is 9.47 Å². The van der Waals surface area contributed by atoms with Crippen LogP contribution in [0.5, 0.6) is 0 Å². The third kappa shape index (κ3) is 14.7. The van der Waals surface area contributed by atoms with Gasteiger partial charge in [0.15, 0.2) is 0 Å². The second-order valence-electron chi connectivity index (χ2n) is 26.4. The second-order valence-corrected chi connectivity index (χ2v) is 26.4. The Labute approximate surface area is 503 Å². The molecule has 4 N–H and O–H groups in total. The Morgan fingerprint density at radius 3 is 1.36 bits per heavy atom. The lowest BCUT2D eigenvalue weighted by Crippen LogP contribution is -2.62. The van der Waals surface area contributed by atoms with Gasteiger partial charge < -0.3 is 49.7 Å². The molecule has 6 atom stereocenters. The first-order valence-electron chi connectivity index (χ1n) is 30.7. The molecule has 6 aliphatic heterocycles. The topological polar surface area (TPSA) is 202 Å². The van der Waals surface area contributed by atoms with Crippen LogP contribution in [0.15, 0.2) is 70.3 Å². The first-order valence-corrected chi connectivity index (χ1v) is 30.7. The lowest BCUT2D eigenvalue weighted by molar-refractivity contribution is -0.149. The molecule has 4 saturated heterocycles. The minimum absolute atomic E-state index is 0.00401. The van der Waals surface area contributed by atoms with Gasteiger partial charge in [0.25, 0.3) is 22.9 Å². The molecule has 22 heteroatoms. The van der Waals surface area contributed by atoms with Crippen LogP contribution in [0.1, 0.15) is 88.0 Å². The summed E-state index contributed by atoms with van der Waals surface area (Å²) in [5.41, 5.74) is 4.11. The van der Waals surface area contributed by atoms with Crippen LogP contribution >= 0.6 is 0 Å². The van der Waals surface area contributed by atoms with Crippen LogP contribution in [0.25, 0.3) is 0 Å². The number of H-pyrrole nitrogens is 2. The average molecular weight is 1190 g/mol. The number of aromatic nitrogens is 2. The number of likely N-dealkylation sites (N-methyl/N-ethyl adjacent to an activating group) is 2. The fourth-order valence-corrected chi connectivity index (χ4v) is 13.4. The number of ether oxygens (including phenoxy) is 2. The lowest BCUT2D eigenvalue weighted by atomic mass is 9.91. The van der Waals surface area contributed by atoms with Crippen LogP contribution in [0.3, 0.4) is 0 Å². The summed E-state index contributed by atoms with van der Waals surface area (Å²) in [6.07, 6.45) is 0.713. The molecule has 0 unspecified atom stereocenters. The molecule has 20 nitrogen and oxygen atoms in total. The number of piperazine rings is 2. The molecule has 0 spiro atoms. The number of hydrogen-bond acceptors (Lipinski definition) is 14. The molecule has 86 heavy (non-hydrogen) atoms. The number of carbonyl (C=O) groups excluding carboxylic acids is 4. The van der Waals surface area contributed by atoms with E-state index in [-0.39, 0.29) is 83.6 Å². The minimum atomic E-state index is -0.637. The van der Waals surface area contributed by atoms with Crippen molar-refractivity contribution in [2.45, 2.75) is 114 Å². The molecule has 4 amide bonds. The van der Waals surface area contributed by atoms with Gasteiger partial charge in [0.2, 0.25) is 11.8 Å². The van der Waals surface area contributed by atoms with Gasteiger partial charge in [-0.2, -0.15) is 0 Å². The van der Waals surface area contributed by atoms with Crippen LogP contribution in [0, 0.1) is 11.6 Å². The van der Waals surface area contributed by atoms with E-state index >= 15 is 0 Å². The number of carbonyl (C=O) groups is 4. The van der Waals surface area contributed by atoms with Crippen molar-refractivity contribution in [2.24, 2.45) is 0 Å². The number of fused-ring (bicyclic) bond motifs is 2. The molecule has 4 aromatic rings. The van der Waals surface area contributed by atoms with Crippen LogP contribution < -0.4 is 31.6 Å². The van der Waals surface area contributed by atoms with E-state index in [0.717, 1.165) is 22.5 Å². The molecule has 0 saturated carbocycles. The Balaban J connectivity index is 0.672.